The maximum Gasteiger partial charge on any atom is 0.239 e. The zero-order chi connectivity index (χ0) is 14.4. The Balaban J connectivity index is 1.78. The first-order valence-corrected chi connectivity index (χ1v) is 7.93. The predicted molar refractivity (Wildman–Crippen MR) is 77.5 cm³/mol. The van der Waals surface area contributed by atoms with E-state index in [1.807, 2.05) is 11.8 Å². The number of rotatable bonds is 4. The van der Waals surface area contributed by atoms with Gasteiger partial charge in [-0.1, -0.05) is 25.7 Å². The van der Waals surface area contributed by atoms with E-state index in [9.17, 15) is 9.90 Å². The van der Waals surface area contributed by atoms with Gasteiger partial charge >= 0.3 is 0 Å². The quantitative estimate of drug-likeness (QED) is 0.753. The van der Waals surface area contributed by atoms with E-state index < -0.39 is 5.60 Å². The third kappa shape index (κ3) is 4.43. The van der Waals surface area contributed by atoms with Gasteiger partial charge in [0, 0.05) is 19.6 Å². The van der Waals surface area contributed by atoms with Gasteiger partial charge in [0.2, 0.25) is 5.91 Å². The number of amides is 1. The molecule has 1 aliphatic carbocycles. The van der Waals surface area contributed by atoms with Crippen LogP contribution >= 0.6 is 0 Å². The monoisotopic (exact) mass is 284 g/mol. The Kier molecular flexibility index (Phi) is 5.81. The Bertz CT molecular complexity index is 308. The van der Waals surface area contributed by atoms with Gasteiger partial charge in [-0.2, -0.15) is 0 Å². The van der Waals surface area contributed by atoms with Crippen molar-refractivity contribution in [1.82, 2.24) is 10.2 Å². The highest BCUT2D eigenvalue weighted by molar-refractivity contribution is 5.81. The van der Waals surface area contributed by atoms with Crippen molar-refractivity contribution in [2.45, 2.75) is 57.1 Å². The van der Waals surface area contributed by atoms with E-state index in [0.29, 0.717) is 32.8 Å². The molecule has 116 valence electrons. The number of carbonyl (C=O) groups excluding carboxylic acids is 1. The van der Waals surface area contributed by atoms with Gasteiger partial charge < -0.3 is 20.1 Å². The summed E-state index contributed by atoms with van der Waals surface area (Å²) in [6.45, 7) is 5.01. The van der Waals surface area contributed by atoms with Crippen LogP contribution in [0.15, 0.2) is 0 Å². The lowest BCUT2D eigenvalue weighted by atomic mass is 9.94. The van der Waals surface area contributed by atoms with Gasteiger partial charge in [0.1, 0.15) is 0 Å². The van der Waals surface area contributed by atoms with Crippen molar-refractivity contribution in [3.05, 3.63) is 0 Å². The van der Waals surface area contributed by atoms with Crippen LogP contribution in [0.1, 0.15) is 45.4 Å². The van der Waals surface area contributed by atoms with Crippen LogP contribution in [0.25, 0.3) is 0 Å². The molecule has 1 amide bonds. The third-order valence-corrected chi connectivity index (χ3v) is 4.46. The zero-order valence-corrected chi connectivity index (χ0v) is 12.6. The summed E-state index contributed by atoms with van der Waals surface area (Å²) in [4.78, 5) is 14.1. The number of nitrogens with zero attached hydrogens (tertiary/aromatic N) is 1. The molecule has 1 saturated carbocycles. The fraction of sp³-hybridized carbons (Fsp3) is 0.933. The zero-order valence-electron chi connectivity index (χ0n) is 12.6. The Morgan fingerprint density at radius 2 is 1.85 bits per heavy atom. The summed E-state index contributed by atoms with van der Waals surface area (Å²) in [5.74, 6) is 0.116. The van der Waals surface area contributed by atoms with Crippen molar-refractivity contribution in [3.63, 3.8) is 0 Å². The Labute approximate surface area is 121 Å². The summed E-state index contributed by atoms with van der Waals surface area (Å²) in [5, 5.41) is 13.8. The average Bonchev–Trinajstić information content (AvgIpc) is 2.70. The van der Waals surface area contributed by atoms with Crippen LogP contribution in [-0.4, -0.2) is 60.4 Å². The topological polar surface area (TPSA) is 61.8 Å². The average molecular weight is 284 g/mol. The van der Waals surface area contributed by atoms with Crippen LogP contribution < -0.4 is 5.32 Å². The summed E-state index contributed by atoms with van der Waals surface area (Å²) in [7, 11) is 0. The summed E-state index contributed by atoms with van der Waals surface area (Å²) < 4.78 is 5.26. The van der Waals surface area contributed by atoms with Gasteiger partial charge in [0.15, 0.2) is 0 Å². The first-order valence-electron chi connectivity index (χ1n) is 7.93. The second kappa shape index (κ2) is 7.38. The smallest absolute Gasteiger partial charge is 0.239 e. The molecule has 1 heterocycles. The van der Waals surface area contributed by atoms with Crippen LogP contribution in [0, 0.1) is 0 Å². The second-order valence-corrected chi connectivity index (χ2v) is 6.18. The molecule has 20 heavy (non-hydrogen) atoms. The molecule has 2 aliphatic rings. The van der Waals surface area contributed by atoms with Crippen molar-refractivity contribution in [2.24, 2.45) is 0 Å². The Hall–Kier alpha value is -0.650. The van der Waals surface area contributed by atoms with Crippen LogP contribution in [-0.2, 0) is 9.53 Å². The van der Waals surface area contributed by atoms with Crippen molar-refractivity contribution in [1.29, 1.82) is 0 Å². The number of ether oxygens (including phenoxy) is 1. The summed E-state index contributed by atoms with van der Waals surface area (Å²) >= 11 is 0. The summed E-state index contributed by atoms with van der Waals surface area (Å²) in [6, 6.07) is -0.236. The molecule has 1 unspecified atom stereocenters. The molecule has 0 bridgehead atoms. The Morgan fingerprint density at radius 1 is 1.25 bits per heavy atom. The van der Waals surface area contributed by atoms with E-state index in [0.717, 1.165) is 25.7 Å². The minimum Gasteiger partial charge on any atom is -0.389 e. The first kappa shape index (κ1) is 15.7. The minimum atomic E-state index is -0.629. The molecule has 5 nitrogen and oxygen atoms in total. The van der Waals surface area contributed by atoms with Gasteiger partial charge in [-0.3, -0.25) is 4.79 Å². The molecule has 0 radical (unpaired) electrons. The molecule has 2 rings (SSSR count). The third-order valence-electron chi connectivity index (χ3n) is 4.46. The summed E-state index contributed by atoms with van der Waals surface area (Å²) in [5.41, 5.74) is -0.629. The van der Waals surface area contributed by atoms with Crippen LogP contribution in [0.3, 0.4) is 0 Å². The van der Waals surface area contributed by atoms with Crippen LogP contribution in [0.5, 0.6) is 0 Å². The molecule has 2 N–H and O–H groups in total. The van der Waals surface area contributed by atoms with Gasteiger partial charge in [0.25, 0.3) is 0 Å². The van der Waals surface area contributed by atoms with Crippen molar-refractivity contribution >= 4 is 5.91 Å². The van der Waals surface area contributed by atoms with Crippen molar-refractivity contribution in [3.8, 4) is 0 Å². The molecule has 0 aromatic rings. The number of morpholine rings is 1. The highest BCUT2D eigenvalue weighted by Crippen LogP contribution is 2.26. The minimum absolute atomic E-state index is 0.116. The lowest BCUT2D eigenvalue weighted by Crippen LogP contribution is -2.52. The van der Waals surface area contributed by atoms with E-state index in [1.165, 1.54) is 12.8 Å². The van der Waals surface area contributed by atoms with Gasteiger partial charge in [-0.25, -0.2) is 0 Å². The van der Waals surface area contributed by atoms with Crippen molar-refractivity contribution in [2.75, 3.05) is 32.8 Å². The molecular formula is C15H28N2O3. The first-order chi connectivity index (χ1) is 9.61. The van der Waals surface area contributed by atoms with Gasteiger partial charge in [-0.05, 0) is 19.8 Å². The standard InChI is InChI=1S/C15H28N2O3/c1-13(14(18)17-8-10-20-11-9-17)16-12-15(19)6-4-2-3-5-7-15/h13,16,19H,2-12H2,1H3. The highest BCUT2D eigenvalue weighted by atomic mass is 16.5. The fourth-order valence-corrected chi connectivity index (χ4v) is 3.05. The van der Waals surface area contributed by atoms with E-state index in [-0.39, 0.29) is 11.9 Å². The highest BCUT2D eigenvalue weighted by Gasteiger charge is 2.30. The van der Waals surface area contributed by atoms with Crippen LogP contribution in [0.2, 0.25) is 0 Å². The number of hydrogen-bond acceptors (Lipinski definition) is 4. The SMILES string of the molecule is CC(NCC1(O)CCCCCC1)C(=O)N1CCOCC1. The lowest BCUT2D eigenvalue weighted by Gasteiger charge is -2.32. The van der Waals surface area contributed by atoms with E-state index in [4.69, 9.17) is 4.74 Å². The molecule has 2 fully saturated rings. The normalized spacial score (nSPS) is 25.0. The molecule has 1 atom stereocenters. The van der Waals surface area contributed by atoms with E-state index >= 15 is 0 Å². The van der Waals surface area contributed by atoms with Crippen LogP contribution in [0.4, 0.5) is 0 Å². The molecule has 0 spiro atoms. The van der Waals surface area contributed by atoms with E-state index in [2.05, 4.69) is 5.32 Å². The number of carbonyl (C=O) groups is 1. The van der Waals surface area contributed by atoms with E-state index in [1.54, 1.807) is 0 Å². The second-order valence-electron chi connectivity index (χ2n) is 6.18. The molecule has 0 aromatic heterocycles. The molecular weight excluding hydrogens is 256 g/mol. The molecule has 5 heteroatoms. The summed E-state index contributed by atoms with van der Waals surface area (Å²) in [6.07, 6.45) is 6.29. The number of nitrogens with one attached hydrogen (secondary N) is 1. The lowest BCUT2D eigenvalue weighted by molar-refractivity contribution is -0.137. The van der Waals surface area contributed by atoms with Gasteiger partial charge in [0.05, 0.1) is 24.9 Å². The largest absolute Gasteiger partial charge is 0.389 e. The predicted octanol–water partition coefficient (Wildman–Crippen LogP) is 0.909. The Morgan fingerprint density at radius 3 is 2.45 bits per heavy atom. The molecule has 1 saturated heterocycles. The van der Waals surface area contributed by atoms with Gasteiger partial charge in [-0.15, -0.1) is 0 Å². The maximum absolute atomic E-state index is 12.3. The number of aliphatic hydroxyl groups is 1. The maximum atomic E-state index is 12.3. The fourth-order valence-electron chi connectivity index (χ4n) is 3.05. The molecule has 0 aromatic carbocycles. The molecule has 1 aliphatic heterocycles. The van der Waals surface area contributed by atoms with Crippen molar-refractivity contribution < 1.29 is 14.6 Å². The number of hydrogen-bond donors (Lipinski definition) is 2.